The van der Waals surface area contributed by atoms with Crippen LogP contribution in [0.4, 0.5) is 0 Å². The van der Waals surface area contributed by atoms with Crippen molar-refractivity contribution in [3.05, 3.63) is 62.5 Å². The van der Waals surface area contributed by atoms with E-state index in [1.54, 1.807) is 0 Å². The highest BCUT2D eigenvalue weighted by Crippen LogP contribution is 2.21. The van der Waals surface area contributed by atoms with E-state index in [1.807, 2.05) is 14.0 Å². The summed E-state index contributed by atoms with van der Waals surface area (Å²) in [6.45, 7) is 4.12. The molecule has 1 aromatic carbocycles. The molecular formula is C16H19IN2. The van der Waals surface area contributed by atoms with Crippen molar-refractivity contribution >= 4 is 22.6 Å². The summed E-state index contributed by atoms with van der Waals surface area (Å²) in [5.74, 6) is 0. The van der Waals surface area contributed by atoms with Gasteiger partial charge in [0.25, 0.3) is 0 Å². The Morgan fingerprint density at radius 2 is 1.79 bits per heavy atom. The fourth-order valence-electron chi connectivity index (χ4n) is 2.29. The lowest BCUT2D eigenvalue weighted by Gasteiger charge is -2.19. The van der Waals surface area contributed by atoms with Crippen LogP contribution in [-0.2, 0) is 6.42 Å². The van der Waals surface area contributed by atoms with E-state index < -0.39 is 0 Å². The Hall–Kier alpha value is -0.940. The third-order valence-corrected chi connectivity index (χ3v) is 4.06. The summed E-state index contributed by atoms with van der Waals surface area (Å²) in [6.07, 6.45) is 0.985. The third-order valence-electron chi connectivity index (χ3n) is 3.34. The average molecular weight is 366 g/mol. The van der Waals surface area contributed by atoms with Crippen LogP contribution in [0.2, 0.25) is 0 Å². The Morgan fingerprint density at radius 1 is 1.11 bits per heavy atom. The van der Waals surface area contributed by atoms with E-state index in [0.29, 0.717) is 6.04 Å². The minimum Gasteiger partial charge on any atom is -0.313 e. The summed E-state index contributed by atoms with van der Waals surface area (Å²) in [5.41, 5.74) is 4.82. The van der Waals surface area contributed by atoms with Crippen LogP contribution in [0.15, 0.2) is 36.4 Å². The van der Waals surface area contributed by atoms with E-state index in [9.17, 15) is 0 Å². The fourth-order valence-corrected chi connectivity index (χ4v) is 2.65. The van der Waals surface area contributed by atoms with Crippen LogP contribution < -0.4 is 5.32 Å². The molecule has 0 saturated heterocycles. The zero-order chi connectivity index (χ0) is 13.8. The van der Waals surface area contributed by atoms with Gasteiger partial charge in [0.2, 0.25) is 0 Å². The molecule has 19 heavy (non-hydrogen) atoms. The molecule has 0 aliphatic rings. The zero-order valence-electron chi connectivity index (χ0n) is 11.6. The van der Waals surface area contributed by atoms with Gasteiger partial charge in [0.1, 0.15) is 0 Å². The number of nitrogens with zero attached hydrogens (tertiary/aromatic N) is 1. The summed E-state index contributed by atoms with van der Waals surface area (Å²) in [7, 11) is 2.01. The number of hydrogen-bond acceptors (Lipinski definition) is 2. The average Bonchev–Trinajstić information content (AvgIpc) is 2.39. The van der Waals surface area contributed by atoms with Crippen LogP contribution in [0.25, 0.3) is 0 Å². The number of halogens is 1. The topological polar surface area (TPSA) is 24.9 Å². The molecule has 3 heteroatoms. The molecule has 1 heterocycles. The van der Waals surface area contributed by atoms with Crippen LogP contribution in [0.5, 0.6) is 0 Å². The van der Waals surface area contributed by atoms with E-state index in [1.165, 1.54) is 14.7 Å². The van der Waals surface area contributed by atoms with Crippen molar-refractivity contribution in [3.63, 3.8) is 0 Å². The van der Waals surface area contributed by atoms with Crippen LogP contribution in [0.3, 0.4) is 0 Å². The van der Waals surface area contributed by atoms with Crippen LogP contribution >= 0.6 is 22.6 Å². The van der Waals surface area contributed by atoms with Crippen LogP contribution in [-0.4, -0.2) is 12.0 Å². The summed E-state index contributed by atoms with van der Waals surface area (Å²) < 4.78 is 1.27. The largest absolute Gasteiger partial charge is 0.313 e. The molecule has 0 fully saturated rings. The monoisotopic (exact) mass is 366 g/mol. The van der Waals surface area contributed by atoms with Gasteiger partial charge in [-0.1, -0.05) is 18.2 Å². The predicted molar refractivity (Wildman–Crippen MR) is 88.4 cm³/mol. The van der Waals surface area contributed by atoms with Gasteiger partial charge < -0.3 is 5.32 Å². The Kier molecular flexibility index (Phi) is 4.93. The van der Waals surface area contributed by atoms with Crippen molar-refractivity contribution in [2.75, 3.05) is 7.05 Å². The second kappa shape index (κ2) is 6.48. The quantitative estimate of drug-likeness (QED) is 0.833. The Balaban J connectivity index is 2.22. The highest BCUT2D eigenvalue weighted by molar-refractivity contribution is 14.1. The van der Waals surface area contributed by atoms with Gasteiger partial charge in [-0.15, -0.1) is 0 Å². The number of nitrogens with one attached hydrogen (secondary N) is 1. The number of hydrogen-bond donors (Lipinski definition) is 1. The first-order valence-electron chi connectivity index (χ1n) is 6.46. The molecular weight excluding hydrogens is 347 g/mol. The van der Waals surface area contributed by atoms with Gasteiger partial charge in [-0.3, -0.25) is 4.98 Å². The summed E-state index contributed by atoms with van der Waals surface area (Å²) in [4.78, 5) is 4.56. The summed E-state index contributed by atoms with van der Waals surface area (Å²) in [5, 5.41) is 3.40. The number of likely N-dealkylation sites (N-methyl/N-ethyl adjacent to an activating group) is 1. The van der Waals surface area contributed by atoms with Gasteiger partial charge in [0.05, 0.1) is 0 Å². The minimum absolute atomic E-state index is 0.313. The van der Waals surface area contributed by atoms with Crippen LogP contribution in [0, 0.1) is 17.4 Å². The van der Waals surface area contributed by atoms with Crippen molar-refractivity contribution in [2.24, 2.45) is 0 Å². The van der Waals surface area contributed by atoms with Crippen LogP contribution in [0.1, 0.15) is 28.6 Å². The Bertz CT molecular complexity index is 549. The molecule has 100 valence electrons. The van der Waals surface area contributed by atoms with Crippen molar-refractivity contribution in [2.45, 2.75) is 26.3 Å². The zero-order valence-corrected chi connectivity index (χ0v) is 13.7. The normalized spacial score (nSPS) is 12.4. The first-order chi connectivity index (χ1) is 9.10. The molecule has 1 atom stereocenters. The maximum atomic E-state index is 4.56. The molecule has 1 unspecified atom stereocenters. The number of rotatable bonds is 4. The fraction of sp³-hybridized carbons (Fsp3) is 0.312. The van der Waals surface area contributed by atoms with Gasteiger partial charge >= 0.3 is 0 Å². The lowest BCUT2D eigenvalue weighted by atomic mass is 9.98. The molecule has 2 aromatic rings. The molecule has 0 aliphatic heterocycles. The standard InChI is InChI=1S/C16H19IN2/c1-11-4-9-15(12(2)19-11)16(18-3)10-13-5-7-14(17)8-6-13/h4-9,16,18H,10H2,1-3H3. The van der Waals surface area contributed by atoms with E-state index in [2.05, 4.69) is 76.2 Å². The second-order valence-electron chi connectivity index (χ2n) is 4.80. The Morgan fingerprint density at radius 3 is 2.37 bits per heavy atom. The van der Waals surface area contributed by atoms with Gasteiger partial charge in [-0.05, 0) is 79.2 Å². The number of benzene rings is 1. The third kappa shape index (κ3) is 3.76. The Labute approximate surface area is 128 Å². The first kappa shape index (κ1) is 14.5. The number of pyridine rings is 1. The lowest BCUT2D eigenvalue weighted by molar-refractivity contribution is 0.585. The smallest absolute Gasteiger partial charge is 0.0423 e. The molecule has 1 aromatic heterocycles. The first-order valence-corrected chi connectivity index (χ1v) is 7.54. The molecule has 2 nitrogen and oxygen atoms in total. The molecule has 0 bridgehead atoms. The molecule has 0 aliphatic carbocycles. The van der Waals surface area contributed by atoms with E-state index in [4.69, 9.17) is 0 Å². The molecule has 0 radical (unpaired) electrons. The van der Waals surface area contributed by atoms with Gasteiger partial charge in [0, 0.05) is 21.0 Å². The highest BCUT2D eigenvalue weighted by Gasteiger charge is 2.13. The maximum Gasteiger partial charge on any atom is 0.0423 e. The van der Waals surface area contributed by atoms with Crippen molar-refractivity contribution in [1.29, 1.82) is 0 Å². The molecule has 0 amide bonds. The summed E-state index contributed by atoms with van der Waals surface area (Å²) >= 11 is 2.33. The van der Waals surface area contributed by atoms with Crippen molar-refractivity contribution in [1.82, 2.24) is 10.3 Å². The number of aryl methyl sites for hydroxylation is 2. The van der Waals surface area contributed by atoms with Gasteiger partial charge in [0.15, 0.2) is 0 Å². The maximum absolute atomic E-state index is 4.56. The van der Waals surface area contributed by atoms with Crippen molar-refractivity contribution < 1.29 is 0 Å². The minimum atomic E-state index is 0.313. The SMILES string of the molecule is CNC(Cc1ccc(I)cc1)c1ccc(C)nc1C. The van der Waals surface area contributed by atoms with E-state index in [-0.39, 0.29) is 0 Å². The molecule has 1 N–H and O–H groups in total. The lowest BCUT2D eigenvalue weighted by Crippen LogP contribution is -2.20. The molecule has 2 rings (SSSR count). The van der Waals surface area contributed by atoms with Gasteiger partial charge in [-0.25, -0.2) is 0 Å². The van der Waals surface area contributed by atoms with Crippen molar-refractivity contribution in [3.8, 4) is 0 Å². The highest BCUT2D eigenvalue weighted by atomic mass is 127. The molecule has 0 spiro atoms. The van der Waals surface area contributed by atoms with Gasteiger partial charge in [-0.2, -0.15) is 0 Å². The molecule has 0 saturated carbocycles. The second-order valence-corrected chi connectivity index (χ2v) is 6.04. The van der Waals surface area contributed by atoms with E-state index >= 15 is 0 Å². The van der Waals surface area contributed by atoms with E-state index in [0.717, 1.165) is 17.8 Å². The predicted octanol–water partition coefficient (Wildman–Crippen LogP) is 3.81. The summed E-state index contributed by atoms with van der Waals surface area (Å²) in [6, 6.07) is 13.3. The number of aromatic nitrogens is 1.